The van der Waals surface area contributed by atoms with Crippen LogP contribution in [0.3, 0.4) is 0 Å². The highest BCUT2D eigenvalue weighted by atomic mass is 32.2. The van der Waals surface area contributed by atoms with Crippen LogP contribution in [0.2, 0.25) is 0 Å². The number of fused-ring (bicyclic) bond motifs is 1. The third kappa shape index (κ3) is 3.89. The Morgan fingerprint density at radius 1 is 1.13 bits per heavy atom. The van der Waals surface area contributed by atoms with E-state index in [0.29, 0.717) is 49.2 Å². The van der Waals surface area contributed by atoms with Gasteiger partial charge in [-0.2, -0.15) is 9.40 Å². The molecule has 3 aromatic rings. The maximum absolute atomic E-state index is 13.0. The molecule has 8 nitrogen and oxygen atoms in total. The number of pyridine rings is 1. The van der Waals surface area contributed by atoms with Gasteiger partial charge in [-0.3, -0.25) is 4.79 Å². The Kier molecular flexibility index (Phi) is 5.55. The number of nitrogens with zero attached hydrogens (tertiary/aromatic N) is 4. The van der Waals surface area contributed by atoms with Gasteiger partial charge in [0.25, 0.3) is 15.9 Å². The lowest BCUT2D eigenvalue weighted by Crippen LogP contribution is -2.40. The molecule has 0 radical (unpaired) electrons. The number of hydrogen-bond acceptors (Lipinski definition) is 6. The monoisotopic (exact) mass is 460 g/mol. The first-order valence-corrected chi connectivity index (χ1v) is 12.7. The largest absolute Gasteiger partial charge is 0.378 e. The lowest BCUT2D eigenvalue weighted by molar-refractivity contribution is 0.0304. The van der Waals surface area contributed by atoms with Gasteiger partial charge in [0, 0.05) is 32.4 Å². The fourth-order valence-corrected chi connectivity index (χ4v) is 6.93. The Hall–Kier alpha value is -2.27. The van der Waals surface area contributed by atoms with Crippen molar-refractivity contribution in [2.24, 2.45) is 0 Å². The SMILES string of the molecule is O=C(c1cnn2ccc(C3CCN(S(=O)(=O)c4cccs4)CC3)cc12)N1CCOCC1. The highest BCUT2D eigenvalue weighted by Crippen LogP contribution is 2.32. The van der Waals surface area contributed by atoms with E-state index < -0.39 is 10.0 Å². The molecule has 0 saturated carbocycles. The molecule has 0 aromatic carbocycles. The molecule has 0 bridgehead atoms. The van der Waals surface area contributed by atoms with Gasteiger partial charge in [0.05, 0.1) is 30.5 Å². The molecule has 2 aliphatic heterocycles. The molecule has 3 aromatic heterocycles. The maximum Gasteiger partial charge on any atom is 0.257 e. The molecule has 31 heavy (non-hydrogen) atoms. The summed E-state index contributed by atoms with van der Waals surface area (Å²) in [7, 11) is -3.40. The fourth-order valence-electron chi connectivity index (χ4n) is 4.32. The van der Waals surface area contributed by atoms with E-state index in [9.17, 15) is 13.2 Å². The number of thiophene rings is 1. The lowest BCUT2D eigenvalue weighted by atomic mass is 9.90. The van der Waals surface area contributed by atoms with Gasteiger partial charge in [0.15, 0.2) is 0 Å². The minimum absolute atomic E-state index is 0.0210. The van der Waals surface area contributed by atoms with Crippen LogP contribution in [-0.4, -0.2) is 72.5 Å². The Labute approximate surface area is 185 Å². The summed E-state index contributed by atoms with van der Waals surface area (Å²) < 4.78 is 34.6. The van der Waals surface area contributed by atoms with Gasteiger partial charge in [-0.15, -0.1) is 11.3 Å². The predicted octanol–water partition coefficient (Wildman–Crippen LogP) is 2.44. The van der Waals surface area contributed by atoms with Crippen LogP contribution in [0.25, 0.3) is 5.52 Å². The van der Waals surface area contributed by atoms with Crippen molar-refractivity contribution in [3.05, 3.63) is 53.2 Å². The van der Waals surface area contributed by atoms with E-state index in [0.717, 1.165) is 23.9 Å². The minimum Gasteiger partial charge on any atom is -0.378 e. The zero-order chi connectivity index (χ0) is 21.4. The highest BCUT2D eigenvalue weighted by Gasteiger charge is 2.31. The summed E-state index contributed by atoms with van der Waals surface area (Å²) in [5.41, 5.74) is 2.52. The van der Waals surface area contributed by atoms with Gasteiger partial charge >= 0.3 is 0 Å². The van der Waals surface area contributed by atoms with E-state index in [-0.39, 0.29) is 11.8 Å². The Morgan fingerprint density at radius 3 is 2.61 bits per heavy atom. The number of carbonyl (C=O) groups excluding carboxylic acids is 1. The molecule has 0 atom stereocenters. The summed E-state index contributed by atoms with van der Waals surface area (Å²) >= 11 is 1.26. The van der Waals surface area contributed by atoms with E-state index in [4.69, 9.17) is 4.74 Å². The molecule has 0 unspecified atom stereocenters. The fraction of sp³-hybridized carbons (Fsp3) is 0.429. The first-order valence-electron chi connectivity index (χ1n) is 10.4. The van der Waals surface area contributed by atoms with Crippen molar-refractivity contribution >= 4 is 32.8 Å². The first kappa shape index (κ1) is 20.6. The van der Waals surface area contributed by atoms with Crippen molar-refractivity contribution in [2.75, 3.05) is 39.4 Å². The van der Waals surface area contributed by atoms with Crippen LogP contribution in [0.1, 0.15) is 34.7 Å². The summed E-state index contributed by atoms with van der Waals surface area (Å²) in [4.78, 5) is 14.8. The summed E-state index contributed by atoms with van der Waals surface area (Å²) in [5.74, 6) is 0.230. The van der Waals surface area contributed by atoms with Crippen LogP contribution in [0.4, 0.5) is 0 Å². The molecule has 164 valence electrons. The minimum atomic E-state index is -3.40. The van der Waals surface area contributed by atoms with Gasteiger partial charge in [0.1, 0.15) is 4.21 Å². The molecule has 5 rings (SSSR count). The summed E-state index contributed by atoms with van der Waals surface area (Å²) in [6.45, 7) is 3.29. The van der Waals surface area contributed by atoms with Gasteiger partial charge in [-0.25, -0.2) is 12.9 Å². The first-order chi connectivity index (χ1) is 15.0. The average Bonchev–Trinajstić information content (AvgIpc) is 3.50. The van der Waals surface area contributed by atoms with Gasteiger partial charge in [-0.1, -0.05) is 6.07 Å². The molecule has 1 amide bonds. The number of aromatic nitrogens is 2. The highest BCUT2D eigenvalue weighted by molar-refractivity contribution is 7.91. The standard InChI is InChI=1S/C21H24N4O4S2/c26-21(23-9-11-29-12-10-23)18-15-22-25-8-5-17(14-19(18)25)16-3-6-24(7-4-16)31(27,28)20-2-1-13-30-20/h1-2,5,8,13-16H,3-4,6-7,9-12H2. The molecule has 0 N–H and O–H groups in total. The van der Waals surface area contributed by atoms with Crippen molar-refractivity contribution in [3.8, 4) is 0 Å². The number of morpholine rings is 1. The second-order valence-electron chi connectivity index (χ2n) is 7.86. The smallest absolute Gasteiger partial charge is 0.257 e. The second kappa shape index (κ2) is 8.34. The number of rotatable bonds is 4. The molecule has 0 aliphatic carbocycles. The third-order valence-corrected chi connectivity index (χ3v) is 9.36. The zero-order valence-electron chi connectivity index (χ0n) is 17.0. The van der Waals surface area contributed by atoms with Gasteiger partial charge in [0.2, 0.25) is 0 Å². The second-order valence-corrected chi connectivity index (χ2v) is 11.0. The Balaban J connectivity index is 1.34. The molecule has 2 aliphatic rings. The molecule has 2 saturated heterocycles. The van der Waals surface area contributed by atoms with Crippen molar-refractivity contribution in [1.29, 1.82) is 0 Å². The predicted molar refractivity (Wildman–Crippen MR) is 117 cm³/mol. The number of carbonyl (C=O) groups is 1. The van der Waals surface area contributed by atoms with E-state index in [1.165, 1.54) is 11.3 Å². The normalized spacial score (nSPS) is 19.2. The van der Waals surface area contributed by atoms with Crippen molar-refractivity contribution in [1.82, 2.24) is 18.8 Å². The Bertz CT molecular complexity index is 1180. The molecule has 2 fully saturated rings. The van der Waals surface area contributed by atoms with Crippen LogP contribution in [-0.2, 0) is 14.8 Å². The van der Waals surface area contributed by atoms with E-state index in [1.54, 1.807) is 37.4 Å². The quantitative estimate of drug-likeness (QED) is 0.597. The van der Waals surface area contributed by atoms with Crippen LogP contribution in [0.15, 0.2) is 46.2 Å². The number of ether oxygens (including phenoxy) is 1. The van der Waals surface area contributed by atoms with Crippen molar-refractivity contribution in [3.63, 3.8) is 0 Å². The lowest BCUT2D eigenvalue weighted by Gasteiger charge is -2.31. The topological polar surface area (TPSA) is 84.2 Å². The number of hydrogen-bond donors (Lipinski definition) is 0. The van der Waals surface area contributed by atoms with E-state index in [2.05, 4.69) is 5.10 Å². The molecule has 10 heteroatoms. The zero-order valence-corrected chi connectivity index (χ0v) is 18.6. The average molecular weight is 461 g/mol. The van der Waals surface area contributed by atoms with Crippen molar-refractivity contribution < 1.29 is 17.9 Å². The van der Waals surface area contributed by atoms with Crippen molar-refractivity contribution in [2.45, 2.75) is 23.0 Å². The molecule has 5 heterocycles. The molecular formula is C21H24N4O4S2. The summed E-state index contributed by atoms with van der Waals surface area (Å²) in [5, 5.41) is 6.13. The van der Waals surface area contributed by atoms with Gasteiger partial charge < -0.3 is 9.64 Å². The molecular weight excluding hydrogens is 436 g/mol. The maximum atomic E-state index is 13.0. The summed E-state index contributed by atoms with van der Waals surface area (Å²) in [6, 6.07) is 7.49. The molecule has 0 spiro atoms. The summed E-state index contributed by atoms with van der Waals surface area (Å²) in [6.07, 6.45) is 5.02. The van der Waals surface area contributed by atoms with E-state index >= 15 is 0 Å². The number of piperidine rings is 1. The third-order valence-electron chi connectivity index (χ3n) is 6.09. The Morgan fingerprint density at radius 2 is 1.90 bits per heavy atom. The van der Waals surface area contributed by atoms with Gasteiger partial charge in [-0.05, 0) is 47.9 Å². The van der Waals surface area contributed by atoms with Crippen LogP contribution in [0.5, 0.6) is 0 Å². The van der Waals surface area contributed by atoms with Crippen LogP contribution < -0.4 is 0 Å². The van der Waals surface area contributed by atoms with Crippen LogP contribution >= 0.6 is 11.3 Å². The number of sulfonamides is 1. The van der Waals surface area contributed by atoms with E-state index in [1.807, 2.05) is 18.3 Å². The van der Waals surface area contributed by atoms with Crippen LogP contribution in [0, 0.1) is 0 Å². The number of amides is 1.